The minimum atomic E-state index is -0.276. The van der Waals surface area contributed by atoms with E-state index in [9.17, 15) is 9.59 Å². The van der Waals surface area contributed by atoms with Crippen LogP contribution in [-0.2, 0) is 9.59 Å². The third-order valence-corrected chi connectivity index (χ3v) is 6.78. The second kappa shape index (κ2) is 9.37. The SMILES string of the molecule is CCN(CC)c1ccc(N2C(=O)C(c3ccc(Cl)cc3)=C(N3CCC(C)CC3)C2=O)cc1. The van der Waals surface area contributed by atoms with Gasteiger partial charge in [-0.2, -0.15) is 0 Å². The molecule has 4 rings (SSSR count). The van der Waals surface area contributed by atoms with Crippen molar-refractivity contribution in [1.29, 1.82) is 0 Å². The Morgan fingerprint density at radius 1 is 0.906 bits per heavy atom. The largest absolute Gasteiger partial charge is 0.372 e. The Balaban J connectivity index is 1.72. The molecule has 0 radical (unpaired) electrons. The average molecular weight is 452 g/mol. The molecule has 2 aromatic carbocycles. The van der Waals surface area contributed by atoms with E-state index in [1.54, 1.807) is 12.1 Å². The lowest BCUT2D eigenvalue weighted by molar-refractivity contribution is -0.120. The lowest BCUT2D eigenvalue weighted by Gasteiger charge is -2.32. The Labute approximate surface area is 195 Å². The highest BCUT2D eigenvalue weighted by molar-refractivity contribution is 6.45. The van der Waals surface area contributed by atoms with Crippen LogP contribution in [0.1, 0.15) is 39.2 Å². The fourth-order valence-electron chi connectivity index (χ4n) is 4.56. The first-order chi connectivity index (χ1) is 15.4. The van der Waals surface area contributed by atoms with Crippen LogP contribution in [-0.4, -0.2) is 42.9 Å². The van der Waals surface area contributed by atoms with Crippen LogP contribution in [0.3, 0.4) is 0 Å². The zero-order valence-corrected chi connectivity index (χ0v) is 19.7. The van der Waals surface area contributed by atoms with Gasteiger partial charge < -0.3 is 9.80 Å². The molecule has 2 aliphatic rings. The van der Waals surface area contributed by atoms with Crippen molar-refractivity contribution in [3.8, 4) is 0 Å². The van der Waals surface area contributed by atoms with Gasteiger partial charge in [0, 0.05) is 36.9 Å². The summed E-state index contributed by atoms with van der Waals surface area (Å²) in [6, 6.07) is 14.9. The normalized spacial score (nSPS) is 17.5. The number of hydrogen-bond donors (Lipinski definition) is 0. The lowest BCUT2D eigenvalue weighted by Crippen LogP contribution is -2.38. The van der Waals surface area contributed by atoms with Gasteiger partial charge in [0.1, 0.15) is 5.70 Å². The Kier molecular flexibility index (Phi) is 6.56. The molecule has 2 heterocycles. The second-order valence-electron chi connectivity index (χ2n) is 8.53. The molecule has 0 N–H and O–H groups in total. The highest BCUT2D eigenvalue weighted by Gasteiger charge is 2.43. The number of anilines is 2. The summed E-state index contributed by atoms with van der Waals surface area (Å²) in [4.78, 5) is 32.9. The quantitative estimate of drug-likeness (QED) is 0.566. The van der Waals surface area contributed by atoms with Gasteiger partial charge >= 0.3 is 0 Å². The number of carbonyl (C=O) groups excluding carboxylic acids is 2. The van der Waals surface area contributed by atoms with Crippen molar-refractivity contribution in [2.75, 3.05) is 36.0 Å². The number of amides is 2. The molecular formula is C26H30ClN3O2. The molecule has 2 amide bonds. The third kappa shape index (κ3) is 4.14. The first-order valence-electron chi connectivity index (χ1n) is 11.4. The highest BCUT2D eigenvalue weighted by Crippen LogP contribution is 2.37. The minimum absolute atomic E-state index is 0.245. The van der Waals surface area contributed by atoms with Crippen LogP contribution in [0.15, 0.2) is 54.2 Å². The van der Waals surface area contributed by atoms with Crippen LogP contribution >= 0.6 is 11.6 Å². The van der Waals surface area contributed by atoms with E-state index in [-0.39, 0.29) is 11.8 Å². The van der Waals surface area contributed by atoms with Crippen molar-refractivity contribution in [1.82, 2.24) is 4.90 Å². The lowest BCUT2D eigenvalue weighted by atomic mass is 9.97. The van der Waals surface area contributed by atoms with Crippen molar-refractivity contribution >= 4 is 40.4 Å². The van der Waals surface area contributed by atoms with Gasteiger partial charge in [0.2, 0.25) is 0 Å². The van der Waals surface area contributed by atoms with E-state index in [2.05, 4.69) is 30.6 Å². The number of halogens is 1. The van der Waals surface area contributed by atoms with E-state index in [1.807, 2.05) is 36.4 Å². The number of carbonyl (C=O) groups is 2. The van der Waals surface area contributed by atoms with Gasteiger partial charge in [-0.15, -0.1) is 0 Å². The molecule has 1 saturated heterocycles. The minimum Gasteiger partial charge on any atom is -0.372 e. The zero-order chi connectivity index (χ0) is 22.8. The number of benzene rings is 2. The zero-order valence-electron chi connectivity index (χ0n) is 19.0. The first-order valence-corrected chi connectivity index (χ1v) is 11.8. The summed E-state index contributed by atoms with van der Waals surface area (Å²) >= 11 is 6.08. The number of likely N-dealkylation sites (tertiary alicyclic amines) is 1. The molecule has 32 heavy (non-hydrogen) atoms. The maximum atomic E-state index is 13.6. The average Bonchev–Trinajstić information content (AvgIpc) is 3.06. The molecule has 0 atom stereocenters. The molecule has 6 heteroatoms. The predicted octanol–water partition coefficient (Wildman–Crippen LogP) is 5.20. The molecule has 0 saturated carbocycles. The van der Waals surface area contributed by atoms with Gasteiger partial charge in [-0.05, 0) is 74.6 Å². The van der Waals surface area contributed by atoms with Gasteiger partial charge in [0.05, 0.1) is 11.3 Å². The molecule has 2 aromatic rings. The molecule has 0 spiro atoms. The predicted molar refractivity (Wildman–Crippen MR) is 131 cm³/mol. The number of rotatable bonds is 6. The third-order valence-electron chi connectivity index (χ3n) is 6.53. The summed E-state index contributed by atoms with van der Waals surface area (Å²) in [6.45, 7) is 9.81. The topological polar surface area (TPSA) is 43.9 Å². The maximum absolute atomic E-state index is 13.6. The van der Waals surface area contributed by atoms with Crippen LogP contribution in [0.5, 0.6) is 0 Å². The van der Waals surface area contributed by atoms with Gasteiger partial charge in [-0.3, -0.25) is 9.59 Å². The van der Waals surface area contributed by atoms with Crippen molar-refractivity contribution < 1.29 is 9.59 Å². The van der Waals surface area contributed by atoms with Gasteiger partial charge in [-0.1, -0.05) is 30.7 Å². The maximum Gasteiger partial charge on any atom is 0.282 e. The van der Waals surface area contributed by atoms with Crippen LogP contribution in [0, 0.1) is 5.92 Å². The number of nitrogens with zero attached hydrogens (tertiary/aromatic N) is 3. The molecule has 168 valence electrons. The van der Waals surface area contributed by atoms with E-state index in [1.165, 1.54) is 4.90 Å². The Morgan fingerprint density at radius 3 is 2.06 bits per heavy atom. The van der Waals surface area contributed by atoms with Gasteiger partial charge in [0.25, 0.3) is 11.8 Å². The molecule has 5 nitrogen and oxygen atoms in total. The van der Waals surface area contributed by atoms with Crippen molar-refractivity contribution in [3.63, 3.8) is 0 Å². The molecular weight excluding hydrogens is 422 g/mol. The molecule has 0 unspecified atom stereocenters. The van der Waals surface area contributed by atoms with Crippen molar-refractivity contribution in [2.24, 2.45) is 5.92 Å². The fourth-order valence-corrected chi connectivity index (χ4v) is 4.68. The Morgan fingerprint density at radius 2 is 1.50 bits per heavy atom. The number of hydrogen-bond acceptors (Lipinski definition) is 4. The summed E-state index contributed by atoms with van der Waals surface area (Å²) < 4.78 is 0. The molecule has 2 aliphatic heterocycles. The summed E-state index contributed by atoms with van der Waals surface area (Å²) in [5, 5.41) is 0.600. The summed E-state index contributed by atoms with van der Waals surface area (Å²) in [7, 11) is 0. The highest BCUT2D eigenvalue weighted by atomic mass is 35.5. The Bertz CT molecular complexity index is 1020. The number of imide groups is 1. The Hall–Kier alpha value is -2.79. The molecule has 0 bridgehead atoms. The summed E-state index contributed by atoms with van der Waals surface area (Å²) in [5.74, 6) is 0.105. The molecule has 1 fully saturated rings. The molecule has 0 aliphatic carbocycles. The molecule has 0 aromatic heterocycles. The van der Waals surface area contributed by atoms with E-state index in [4.69, 9.17) is 11.6 Å². The van der Waals surface area contributed by atoms with Crippen LogP contribution < -0.4 is 9.80 Å². The van der Waals surface area contributed by atoms with E-state index >= 15 is 0 Å². The fraction of sp³-hybridized carbons (Fsp3) is 0.385. The standard InChI is InChI=1S/C26H30ClN3O2/c1-4-28(5-2)21-10-12-22(13-11-21)30-25(31)23(19-6-8-20(27)9-7-19)24(26(30)32)29-16-14-18(3)15-17-29/h6-13,18H,4-5,14-17H2,1-3H3. The van der Waals surface area contributed by atoms with Crippen LogP contribution in [0.25, 0.3) is 5.57 Å². The summed E-state index contributed by atoms with van der Waals surface area (Å²) in [6.07, 6.45) is 2.02. The summed E-state index contributed by atoms with van der Waals surface area (Å²) in [5.41, 5.74) is 3.38. The van der Waals surface area contributed by atoms with Gasteiger partial charge in [-0.25, -0.2) is 4.90 Å². The van der Waals surface area contributed by atoms with E-state index < -0.39 is 0 Å². The second-order valence-corrected chi connectivity index (χ2v) is 8.97. The van der Waals surface area contributed by atoms with Crippen LogP contribution in [0.4, 0.5) is 11.4 Å². The first kappa shape index (κ1) is 22.4. The van der Waals surface area contributed by atoms with Crippen molar-refractivity contribution in [2.45, 2.75) is 33.6 Å². The van der Waals surface area contributed by atoms with Crippen LogP contribution in [0.2, 0.25) is 5.02 Å². The number of piperidine rings is 1. The van der Waals surface area contributed by atoms with Gasteiger partial charge in [0.15, 0.2) is 0 Å². The monoisotopic (exact) mass is 451 g/mol. The smallest absolute Gasteiger partial charge is 0.282 e. The van der Waals surface area contributed by atoms with Crippen molar-refractivity contribution in [3.05, 3.63) is 64.8 Å². The van der Waals surface area contributed by atoms with E-state index in [0.29, 0.717) is 27.9 Å². The van der Waals surface area contributed by atoms with E-state index in [0.717, 1.165) is 50.3 Å².